The lowest BCUT2D eigenvalue weighted by molar-refractivity contribution is -0.115. The number of aryl methyl sites for hydroxylation is 2. The van der Waals surface area contributed by atoms with E-state index in [2.05, 4.69) is 10.6 Å². The molecule has 132 valence electrons. The average Bonchev–Trinajstić information content (AvgIpc) is 2.62. The standard InChI is InChI=1S/C19H20Cl2N2O2/c1-3-12-6-5-7-13(4-2)18(12)23-17(24)11-22-19(25)14-8-9-15(20)16(21)10-14/h5-10H,3-4,11H2,1-2H3,(H,22,25)(H,23,24). The zero-order valence-electron chi connectivity index (χ0n) is 14.2. The Morgan fingerprint density at radius 1 is 0.960 bits per heavy atom. The Balaban J connectivity index is 2.01. The molecule has 0 bridgehead atoms. The number of amides is 2. The first-order chi connectivity index (χ1) is 12.0. The number of carbonyl (C=O) groups excluding carboxylic acids is 2. The number of para-hydroxylation sites is 1. The first-order valence-corrected chi connectivity index (χ1v) is 8.85. The summed E-state index contributed by atoms with van der Waals surface area (Å²) in [7, 11) is 0. The molecular weight excluding hydrogens is 359 g/mol. The summed E-state index contributed by atoms with van der Waals surface area (Å²) < 4.78 is 0. The highest BCUT2D eigenvalue weighted by Crippen LogP contribution is 2.23. The fourth-order valence-corrected chi connectivity index (χ4v) is 2.78. The van der Waals surface area contributed by atoms with E-state index in [9.17, 15) is 9.59 Å². The lowest BCUT2D eigenvalue weighted by Gasteiger charge is -2.14. The topological polar surface area (TPSA) is 58.2 Å². The van der Waals surface area contributed by atoms with Crippen molar-refractivity contribution in [2.75, 3.05) is 11.9 Å². The number of nitrogens with one attached hydrogen (secondary N) is 2. The molecule has 0 saturated carbocycles. The number of rotatable bonds is 6. The molecule has 0 radical (unpaired) electrons. The smallest absolute Gasteiger partial charge is 0.251 e. The molecule has 2 aromatic rings. The molecule has 4 nitrogen and oxygen atoms in total. The summed E-state index contributed by atoms with van der Waals surface area (Å²) in [6, 6.07) is 10.5. The van der Waals surface area contributed by atoms with E-state index in [0.717, 1.165) is 29.7 Å². The van der Waals surface area contributed by atoms with Crippen LogP contribution in [0.25, 0.3) is 0 Å². The second kappa shape index (κ2) is 8.88. The van der Waals surface area contributed by atoms with Crippen LogP contribution in [0.4, 0.5) is 5.69 Å². The highest BCUT2D eigenvalue weighted by Gasteiger charge is 2.12. The Morgan fingerprint density at radius 2 is 1.60 bits per heavy atom. The fourth-order valence-electron chi connectivity index (χ4n) is 2.49. The summed E-state index contributed by atoms with van der Waals surface area (Å²) in [4.78, 5) is 24.4. The highest BCUT2D eigenvalue weighted by molar-refractivity contribution is 6.42. The number of benzene rings is 2. The lowest BCUT2D eigenvalue weighted by Crippen LogP contribution is -2.33. The predicted molar refractivity (Wildman–Crippen MR) is 103 cm³/mol. The van der Waals surface area contributed by atoms with E-state index in [1.165, 1.54) is 6.07 Å². The second-order valence-electron chi connectivity index (χ2n) is 5.52. The van der Waals surface area contributed by atoms with Crippen LogP contribution in [-0.2, 0) is 17.6 Å². The molecule has 0 heterocycles. The molecule has 0 saturated heterocycles. The highest BCUT2D eigenvalue weighted by atomic mass is 35.5. The number of carbonyl (C=O) groups is 2. The monoisotopic (exact) mass is 378 g/mol. The molecule has 2 rings (SSSR count). The minimum absolute atomic E-state index is 0.125. The molecule has 0 aliphatic heterocycles. The molecule has 0 atom stereocenters. The Morgan fingerprint density at radius 3 is 2.16 bits per heavy atom. The summed E-state index contributed by atoms with van der Waals surface area (Å²) in [5.41, 5.74) is 3.33. The largest absolute Gasteiger partial charge is 0.343 e. The molecule has 0 spiro atoms. The van der Waals surface area contributed by atoms with Gasteiger partial charge >= 0.3 is 0 Å². The van der Waals surface area contributed by atoms with Crippen LogP contribution in [0.15, 0.2) is 36.4 Å². The zero-order valence-corrected chi connectivity index (χ0v) is 15.7. The predicted octanol–water partition coefficient (Wildman–Crippen LogP) is 4.49. The summed E-state index contributed by atoms with van der Waals surface area (Å²) in [6.07, 6.45) is 1.64. The van der Waals surface area contributed by atoms with Gasteiger partial charge in [-0.2, -0.15) is 0 Å². The summed E-state index contributed by atoms with van der Waals surface area (Å²) in [5.74, 6) is -0.655. The van der Waals surface area contributed by atoms with Crippen molar-refractivity contribution in [2.24, 2.45) is 0 Å². The van der Waals surface area contributed by atoms with Crippen LogP contribution < -0.4 is 10.6 Å². The van der Waals surface area contributed by atoms with Gasteiger partial charge in [0.2, 0.25) is 5.91 Å². The third kappa shape index (κ3) is 4.97. The van der Waals surface area contributed by atoms with E-state index in [0.29, 0.717) is 15.6 Å². The zero-order chi connectivity index (χ0) is 18.4. The summed E-state index contributed by atoms with van der Waals surface area (Å²) in [5, 5.41) is 6.16. The minimum Gasteiger partial charge on any atom is -0.343 e. The quantitative estimate of drug-likeness (QED) is 0.777. The van der Waals surface area contributed by atoms with Crippen molar-refractivity contribution < 1.29 is 9.59 Å². The molecule has 2 amide bonds. The molecule has 0 fully saturated rings. The SMILES string of the molecule is CCc1cccc(CC)c1NC(=O)CNC(=O)c1ccc(Cl)c(Cl)c1. The van der Waals surface area contributed by atoms with Gasteiger partial charge in [-0.25, -0.2) is 0 Å². The van der Waals surface area contributed by atoms with Crippen molar-refractivity contribution in [1.29, 1.82) is 0 Å². The third-order valence-electron chi connectivity index (χ3n) is 3.85. The van der Waals surface area contributed by atoms with E-state index in [4.69, 9.17) is 23.2 Å². The first-order valence-electron chi connectivity index (χ1n) is 8.10. The van der Waals surface area contributed by atoms with Crippen molar-refractivity contribution >= 4 is 40.7 Å². The molecule has 0 aliphatic carbocycles. The van der Waals surface area contributed by atoms with Gasteiger partial charge in [0, 0.05) is 11.3 Å². The van der Waals surface area contributed by atoms with Gasteiger partial charge in [0.05, 0.1) is 16.6 Å². The fraction of sp³-hybridized carbons (Fsp3) is 0.263. The van der Waals surface area contributed by atoms with Crippen LogP contribution in [0.1, 0.15) is 35.3 Å². The Labute approximate surface area is 157 Å². The third-order valence-corrected chi connectivity index (χ3v) is 4.59. The van der Waals surface area contributed by atoms with Crippen LogP contribution in [0.2, 0.25) is 10.0 Å². The Kier molecular flexibility index (Phi) is 6.85. The minimum atomic E-state index is -0.381. The maximum Gasteiger partial charge on any atom is 0.251 e. The van der Waals surface area contributed by atoms with E-state index < -0.39 is 0 Å². The van der Waals surface area contributed by atoms with Crippen LogP contribution in [0.5, 0.6) is 0 Å². The van der Waals surface area contributed by atoms with Gasteiger partial charge in [0.15, 0.2) is 0 Å². The Hall–Kier alpha value is -2.04. The van der Waals surface area contributed by atoms with Crippen molar-refractivity contribution in [3.63, 3.8) is 0 Å². The van der Waals surface area contributed by atoms with Gasteiger partial charge < -0.3 is 10.6 Å². The van der Waals surface area contributed by atoms with Crippen LogP contribution in [0.3, 0.4) is 0 Å². The van der Waals surface area contributed by atoms with Gasteiger partial charge in [-0.15, -0.1) is 0 Å². The molecule has 25 heavy (non-hydrogen) atoms. The molecule has 2 aromatic carbocycles. The maximum atomic E-state index is 12.2. The van der Waals surface area contributed by atoms with Gasteiger partial charge in [-0.05, 0) is 42.2 Å². The number of hydrogen-bond donors (Lipinski definition) is 2. The molecule has 0 aromatic heterocycles. The number of anilines is 1. The summed E-state index contributed by atoms with van der Waals surface area (Å²) >= 11 is 11.7. The van der Waals surface area contributed by atoms with Gasteiger partial charge in [-0.3, -0.25) is 9.59 Å². The molecular formula is C19H20Cl2N2O2. The second-order valence-corrected chi connectivity index (χ2v) is 6.33. The molecule has 0 unspecified atom stereocenters. The summed E-state index contributed by atoms with van der Waals surface area (Å²) in [6.45, 7) is 3.95. The first kappa shape index (κ1) is 19.3. The van der Waals surface area contributed by atoms with Gasteiger partial charge in [0.25, 0.3) is 5.91 Å². The number of halogens is 2. The van der Waals surface area contributed by atoms with Crippen molar-refractivity contribution in [3.05, 3.63) is 63.1 Å². The molecule has 2 N–H and O–H groups in total. The van der Waals surface area contributed by atoms with E-state index in [1.54, 1.807) is 12.1 Å². The van der Waals surface area contributed by atoms with Crippen LogP contribution in [0, 0.1) is 0 Å². The van der Waals surface area contributed by atoms with E-state index >= 15 is 0 Å². The molecule has 6 heteroatoms. The average molecular weight is 379 g/mol. The van der Waals surface area contributed by atoms with E-state index in [-0.39, 0.29) is 18.4 Å². The van der Waals surface area contributed by atoms with Crippen LogP contribution in [-0.4, -0.2) is 18.4 Å². The number of hydrogen-bond acceptors (Lipinski definition) is 2. The maximum absolute atomic E-state index is 12.2. The van der Waals surface area contributed by atoms with Gasteiger partial charge in [0.1, 0.15) is 0 Å². The van der Waals surface area contributed by atoms with Crippen molar-refractivity contribution in [1.82, 2.24) is 5.32 Å². The Bertz CT molecular complexity index is 769. The normalized spacial score (nSPS) is 10.4. The lowest BCUT2D eigenvalue weighted by atomic mass is 10.0. The van der Waals surface area contributed by atoms with E-state index in [1.807, 2.05) is 32.0 Å². The van der Waals surface area contributed by atoms with Gasteiger partial charge in [-0.1, -0.05) is 55.2 Å². The van der Waals surface area contributed by atoms with Crippen molar-refractivity contribution in [2.45, 2.75) is 26.7 Å². The van der Waals surface area contributed by atoms with Crippen molar-refractivity contribution in [3.8, 4) is 0 Å². The molecule has 0 aliphatic rings. The van der Waals surface area contributed by atoms with Crippen LogP contribution >= 0.6 is 23.2 Å².